The van der Waals surface area contributed by atoms with Gasteiger partial charge in [0.1, 0.15) is 0 Å². The van der Waals surface area contributed by atoms with Gasteiger partial charge in [0, 0.05) is 19.1 Å². The molecule has 3 atom stereocenters. The minimum atomic E-state index is -3.65. The number of carboxylic acids is 1. The van der Waals surface area contributed by atoms with E-state index in [1.807, 2.05) is 0 Å². The van der Waals surface area contributed by atoms with Crippen LogP contribution in [0.25, 0.3) is 0 Å². The van der Waals surface area contributed by atoms with Gasteiger partial charge in [-0.25, -0.2) is 13.2 Å². The van der Waals surface area contributed by atoms with Crippen molar-refractivity contribution in [3.05, 3.63) is 0 Å². The first-order chi connectivity index (χ1) is 9.86. The number of nitrogens with one attached hydrogen (secondary N) is 1. The maximum absolute atomic E-state index is 12.6. The number of carboxylic acid groups (broad SMARTS) is 1. The van der Waals surface area contributed by atoms with Crippen LogP contribution in [0.5, 0.6) is 0 Å². The van der Waals surface area contributed by atoms with Gasteiger partial charge >= 0.3 is 12.1 Å². The van der Waals surface area contributed by atoms with Crippen LogP contribution in [0, 0.1) is 5.92 Å². The number of methoxy groups -OCH3 is 1. The van der Waals surface area contributed by atoms with Gasteiger partial charge < -0.3 is 15.2 Å². The molecule has 0 spiro atoms. The maximum atomic E-state index is 12.6. The van der Waals surface area contributed by atoms with Crippen molar-refractivity contribution in [3.8, 4) is 0 Å². The third-order valence-electron chi connectivity index (χ3n) is 4.17. The highest BCUT2D eigenvalue weighted by Crippen LogP contribution is 2.34. The molecule has 0 aromatic heterocycles. The molecule has 9 heteroatoms. The normalized spacial score (nSPS) is 30.2. The standard InChI is InChI=1S/C12H20N2O6S/c1-20-12(17)13-8-5-6-14(7-8)21(18,19)10-4-2-3-9(10)11(15)16/h8-10H,2-7H2,1H3,(H,13,17)(H,15,16). The molecule has 21 heavy (non-hydrogen) atoms. The molecule has 0 bridgehead atoms. The molecule has 120 valence electrons. The quantitative estimate of drug-likeness (QED) is 0.754. The SMILES string of the molecule is COC(=O)NC1CCN(S(=O)(=O)C2CCCC2C(=O)O)C1. The fraction of sp³-hybridized carbons (Fsp3) is 0.833. The zero-order chi connectivity index (χ0) is 15.6. The van der Waals surface area contributed by atoms with Crippen molar-refractivity contribution in [3.63, 3.8) is 0 Å². The molecule has 2 N–H and O–H groups in total. The Hall–Kier alpha value is -1.35. The van der Waals surface area contributed by atoms with Gasteiger partial charge in [-0.1, -0.05) is 6.42 Å². The van der Waals surface area contributed by atoms with Gasteiger partial charge in [0.25, 0.3) is 0 Å². The van der Waals surface area contributed by atoms with E-state index in [0.29, 0.717) is 32.2 Å². The number of ether oxygens (including phenoxy) is 1. The average molecular weight is 320 g/mol. The van der Waals surface area contributed by atoms with Crippen molar-refractivity contribution < 1.29 is 27.9 Å². The van der Waals surface area contributed by atoms with Gasteiger partial charge in [-0.3, -0.25) is 4.79 Å². The molecule has 1 aliphatic heterocycles. The Labute approximate surface area is 123 Å². The fourth-order valence-electron chi connectivity index (χ4n) is 3.06. The molecule has 3 unspecified atom stereocenters. The summed E-state index contributed by atoms with van der Waals surface area (Å²) < 4.78 is 30.9. The highest BCUT2D eigenvalue weighted by Gasteiger charge is 2.46. The van der Waals surface area contributed by atoms with Gasteiger partial charge in [0.15, 0.2) is 0 Å². The molecule has 2 aliphatic rings. The molecule has 2 fully saturated rings. The van der Waals surface area contributed by atoms with Gasteiger partial charge in [-0.15, -0.1) is 0 Å². The van der Waals surface area contributed by atoms with Crippen LogP contribution < -0.4 is 5.32 Å². The molecule has 8 nitrogen and oxygen atoms in total. The van der Waals surface area contributed by atoms with Crippen LogP contribution in [-0.2, 0) is 19.6 Å². The number of aliphatic carboxylic acids is 1. The van der Waals surface area contributed by atoms with Gasteiger partial charge in [0.05, 0.1) is 18.3 Å². The summed E-state index contributed by atoms with van der Waals surface area (Å²) in [5.74, 6) is -1.88. The third kappa shape index (κ3) is 3.29. The Morgan fingerprint density at radius 3 is 2.62 bits per heavy atom. The summed E-state index contributed by atoms with van der Waals surface area (Å²) in [5, 5.41) is 10.9. The van der Waals surface area contributed by atoms with E-state index < -0.39 is 33.3 Å². The van der Waals surface area contributed by atoms with Crippen LogP contribution in [0.2, 0.25) is 0 Å². The first-order valence-electron chi connectivity index (χ1n) is 6.92. The second-order valence-corrected chi connectivity index (χ2v) is 7.59. The summed E-state index contributed by atoms with van der Waals surface area (Å²) in [4.78, 5) is 22.3. The monoisotopic (exact) mass is 320 g/mol. The Balaban J connectivity index is 2.04. The van der Waals surface area contributed by atoms with E-state index in [0.717, 1.165) is 0 Å². The van der Waals surface area contributed by atoms with E-state index in [1.165, 1.54) is 11.4 Å². The predicted molar refractivity (Wildman–Crippen MR) is 73.2 cm³/mol. The lowest BCUT2D eigenvalue weighted by Gasteiger charge is -2.23. The average Bonchev–Trinajstić information content (AvgIpc) is 3.07. The number of alkyl carbamates (subject to hydrolysis) is 1. The highest BCUT2D eigenvalue weighted by molar-refractivity contribution is 7.89. The molecule has 0 radical (unpaired) electrons. The lowest BCUT2D eigenvalue weighted by Crippen LogP contribution is -2.43. The summed E-state index contributed by atoms with van der Waals surface area (Å²) in [6.45, 7) is 0.458. The lowest BCUT2D eigenvalue weighted by molar-refractivity contribution is -0.141. The fourth-order valence-corrected chi connectivity index (χ4v) is 5.32. The second kappa shape index (κ2) is 6.18. The number of hydrogen-bond donors (Lipinski definition) is 2. The molecule has 0 aromatic rings. The molecule has 0 aromatic carbocycles. The van der Waals surface area contributed by atoms with E-state index in [2.05, 4.69) is 10.1 Å². The van der Waals surface area contributed by atoms with E-state index in [-0.39, 0.29) is 12.6 Å². The smallest absolute Gasteiger partial charge is 0.407 e. The second-order valence-electron chi connectivity index (χ2n) is 5.44. The van der Waals surface area contributed by atoms with E-state index >= 15 is 0 Å². The summed E-state index contributed by atoms with van der Waals surface area (Å²) in [5.41, 5.74) is 0. The number of carbonyl (C=O) groups is 2. The van der Waals surface area contributed by atoms with Crippen LogP contribution >= 0.6 is 0 Å². The minimum absolute atomic E-state index is 0.167. The largest absolute Gasteiger partial charge is 0.481 e. The molecule has 1 heterocycles. The van der Waals surface area contributed by atoms with Crippen LogP contribution in [0.1, 0.15) is 25.7 Å². The topological polar surface area (TPSA) is 113 Å². The Bertz CT molecular complexity index is 520. The Kier molecular flexibility index (Phi) is 4.72. The van der Waals surface area contributed by atoms with E-state index in [4.69, 9.17) is 5.11 Å². The van der Waals surface area contributed by atoms with E-state index in [1.54, 1.807) is 0 Å². The Morgan fingerprint density at radius 2 is 2.00 bits per heavy atom. The van der Waals surface area contributed by atoms with Crippen LogP contribution in [-0.4, -0.2) is 61.4 Å². The van der Waals surface area contributed by atoms with Crippen molar-refractivity contribution in [1.82, 2.24) is 9.62 Å². The number of rotatable bonds is 4. The van der Waals surface area contributed by atoms with Crippen molar-refractivity contribution in [2.75, 3.05) is 20.2 Å². The molecule has 1 saturated carbocycles. The van der Waals surface area contributed by atoms with Crippen molar-refractivity contribution in [2.45, 2.75) is 37.0 Å². The van der Waals surface area contributed by atoms with E-state index in [9.17, 15) is 18.0 Å². The minimum Gasteiger partial charge on any atom is -0.481 e. The lowest BCUT2D eigenvalue weighted by atomic mass is 10.1. The van der Waals surface area contributed by atoms with Crippen LogP contribution in [0.15, 0.2) is 0 Å². The summed E-state index contributed by atoms with van der Waals surface area (Å²) in [7, 11) is -2.40. The number of carbonyl (C=O) groups excluding carboxylic acids is 1. The number of hydrogen-bond acceptors (Lipinski definition) is 5. The maximum Gasteiger partial charge on any atom is 0.407 e. The first-order valence-corrected chi connectivity index (χ1v) is 8.43. The molecule has 1 amide bonds. The molecular weight excluding hydrogens is 300 g/mol. The highest BCUT2D eigenvalue weighted by atomic mass is 32.2. The number of amides is 1. The molecule has 1 aliphatic carbocycles. The van der Waals surface area contributed by atoms with Crippen LogP contribution in [0.3, 0.4) is 0 Å². The van der Waals surface area contributed by atoms with Gasteiger partial charge in [0.2, 0.25) is 10.0 Å². The third-order valence-corrected chi connectivity index (χ3v) is 6.55. The van der Waals surface area contributed by atoms with Gasteiger partial charge in [-0.2, -0.15) is 4.31 Å². The van der Waals surface area contributed by atoms with Gasteiger partial charge in [-0.05, 0) is 19.3 Å². The predicted octanol–water partition coefficient (Wildman–Crippen LogP) is -0.000200. The van der Waals surface area contributed by atoms with Crippen molar-refractivity contribution >= 4 is 22.1 Å². The molecule has 2 rings (SSSR count). The molecular formula is C12H20N2O6S. The molecule has 1 saturated heterocycles. The zero-order valence-electron chi connectivity index (χ0n) is 11.8. The number of sulfonamides is 1. The Morgan fingerprint density at radius 1 is 1.29 bits per heavy atom. The summed E-state index contributed by atoms with van der Waals surface area (Å²) in [6.07, 6.45) is 1.29. The first kappa shape index (κ1) is 16.0. The van der Waals surface area contributed by atoms with Crippen molar-refractivity contribution in [1.29, 1.82) is 0 Å². The summed E-state index contributed by atoms with van der Waals surface area (Å²) in [6, 6.07) is -0.295. The van der Waals surface area contributed by atoms with Crippen LogP contribution in [0.4, 0.5) is 4.79 Å². The summed E-state index contributed by atoms with van der Waals surface area (Å²) >= 11 is 0. The van der Waals surface area contributed by atoms with Crippen molar-refractivity contribution in [2.24, 2.45) is 5.92 Å². The number of nitrogens with zero attached hydrogens (tertiary/aromatic N) is 1. The zero-order valence-corrected chi connectivity index (χ0v) is 12.6.